The summed E-state index contributed by atoms with van der Waals surface area (Å²) in [7, 11) is 0. The number of benzene rings is 1. The number of hydrogen-bond acceptors (Lipinski definition) is 3. The van der Waals surface area contributed by atoms with Crippen molar-refractivity contribution in [2.24, 2.45) is 5.92 Å². The summed E-state index contributed by atoms with van der Waals surface area (Å²) >= 11 is 9.65. The summed E-state index contributed by atoms with van der Waals surface area (Å²) in [6.07, 6.45) is 10.2. The Hall–Kier alpha value is -1.30. The highest BCUT2D eigenvalue weighted by Crippen LogP contribution is 2.21. The quantitative estimate of drug-likeness (QED) is 0.614. The van der Waals surface area contributed by atoms with Gasteiger partial charge >= 0.3 is 5.97 Å². The van der Waals surface area contributed by atoms with Crippen LogP contribution in [-0.4, -0.2) is 23.3 Å². The van der Waals surface area contributed by atoms with E-state index in [1.165, 1.54) is 5.56 Å². The molecule has 2 aliphatic rings. The number of hydrogen-bond donors (Lipinski definition) is 3. The largest absolute Gasteiger partial charge is 0.481 e. The lowest BCUT2D eigenvalue weighted by Crippen LogP contribution is -2.34. The minimum atomic E-state index is -0.761. The summed E-state index contributed by atoms with van der Waals surface area (Å²) in [5, 5.41) is 9.58. The van der Waals surface area contributed by atoms with Gasteiger partial charge < -0.3 is 5.11 Å². The van der Waals surface area contributed by atoms with Crippen molar-refractivity contribution in [3.8, 4) is 0 Å². The van der Waals surface area contributed by atoms with Crippen LogP contribution in [0.25, 0.3) is 0 Å². The van der Waals surface area contributed by atoms with Crippen LogP contribution in [0.3, 0.4) is 0 Å². The van der Waals surface area contributed by atoms with Crippen molar-refractivity contribution >= 4 is 30.4 Å². The van der Waals surface area contributed by atoms with Gasteiger partial charge in [0.15, 0.2) is 0 Å². The van der Waals surface area contributed by atoms with Gasteiger partial charge in [0.2, 0.25) is 0 Å². The molecule has 0 amide bonds. The van der Waals surface area contributed by atoms with E-state index >= 15 is 0 Å². The molecule has 1 saturated carbocycles. The van der Waals surface area contributed by atoms with Crippen LogP contribution < -0.4 is 4.72 Å². The van der Waals surface area contributed by atoms with E-state index < -0.39 is 12.1 Å². The molecule has 1 aromatic rings. The molecule has 6 heteroatoms. The fraction of sp³-hybridized carbons (Fsp3) is 0.450. The number of carbonyl (C=O) groups is 1. The van der Waals surface area contributed by atoms with Crippen molar-refractivity contribution in [1.82, 2.24) is 4.72 Å². The maximum atomic E-state index is 12.7. The maximum Gasteiger partial charge on any atom is 0.310 e. The van der Waals surface area contributed by atoms with E-state index in [9.17, 15) is 9.18 Å². The minimum absolute atomic E-state index is 0.00193. The van der Waals surface area contributed by atoms with Crippen LogP contribution in [0, 0.1) is 5.92 Å². The summed E-state index contributed by atoms with van der Waals surface area (Å²) in [5.74, 6) is -1.13. The summed E-state index contributed by atoms with van der Waals surface area (Å²) in [4.78, 5) is 10.8. The van der Waals surface area contributed by atoms with Gasteiger partial charge in [-0.1, -0.05) is 67.6 Å². The van der Waals surface area contributed by atoms with E-state index in [2.05, 4.69) is 17.5 Å². The van der Waals surface area contributed by atoms with E-state index in [4.69, 9.17) is 16.7 Å². The SMILES string of the molecule is FC1CCCCC1NS.O=C(O)C1C=CC(Cc2ccc(Cl)cc2)=CC1. The third kappa shape index (κ3) is 6.78. The Balaban J connectivity index is 0.000000228. The molecule has 2 N–H and O–H groups in total. The van der Waals surface area contributed by atoms with Crippen LogP contribution in [0.15, 0.2) is 48.1 Å². The molecule has 0 radical (unpaired) electrons. The molecule has 0 bridgehead atoms. The molecular formula is C20H25ClFNO2S. The Morgan fingerprint density at radius 1 is 1.27 bits per heavy atom. The second-order valence-corrected chi connectivity index (χ2v) is 7.35. The van der Waals surface area contributed by atoms with Crippen LogP contribution in [0.4, 0.5) is 4.39 Å². The van der Waals surface area contributed by atoms with E-state index in [1.807, 2.05) is 36.4 Å². The zero-order chi connectivity index (χ0) is 18.9. The van der Waals surface area contributed by atoms with Crippen LogP contribution in [-0.2, 0) is 11.2 Å². The summed E-state index contributed by atoms with van der Waals surface area (Å²) < 4.78 is 15.4. The second kappa shape index (κ2) is 10.8. The molecule has 0 aromatic heterocycles. The number of rotatable bonds is 4. The summed E-state index contributed by atoms with van der Waals surface area (Å²) in [5.41, 5.74) is 2.34. The normalized spacial score (nSPS) is 25.0. The fourth-order valence-corrected chi connectivity index (χ4v) is 3.46. The van der Waals surface area contributed by atoms with Gasteiger partial charge in [-0.15, -0.1) is 0 Å². The Kier molecular flexibility index (Phi) is 8.69. The first-order valence-corrected chi connectivity index (χ1v) is 9.70. The molecule has 0 heterocycles. The van der Waals surface area contributed by atoms with Crippen LogP contribution in [0.2, 0.25) is 5.02 Å². The molecular weight excluding hydrogens is 373 g/mol. The van der Waals surface area contributed by atoms with E-state index in [0.29, 0.717) is 12.8 Å². The molecule has 1 aromatic carbocycles. The number of halogens is 2. The van der Waals surface area contributed by atoms with Crippen LogP contribution >= 0.6 is 24.4 Å². The second-order valence-electron chi connectivity index (χ2n) is 6.66. The third-order valence-corrected chi connectivity index (χ3v) is 5.25. The van der Waals surface area contributed by atoms with Gasteiger partial charge in [-0.05, 0) is 49.0 Å². The average Bonchev–Trinajstić information content (AvgIpc) is 2.65. The van der Waals surface area contributed by atoms with Crippen molar-refractivity contribution in [2.45, 2.75) is 50.7 Å². The zero-order valence-corrected chi connectivity index (χ0v) is 16.2. The Bertz CT molecular complexity index is 648. The van der Waals surface area contributed by atoms with Gasteiger partial charge in [-0.3, -0.25) is 9.52 Å². The van der Waals surface area contributed by atoms with Gasteiger partial charge in [0, 0.05) is 11.1 Å². The predicted octanol–water partition coefficient (Wildman–Crippen LogP) is 5.17. The molecule has 0 aliphatic heterocycles. The van der Waals surface area contributed by atoms with Crippen molar-refractivity contribution in [1.29, 1.82) is 0 Å². The zero-order valence-electron chi connectivity index (χ0n) is 14.6. The number of alkyl halides is 1. The molecule has 3 atom stereocenters. The number of allylic oxidation sites excluding steroid dienone is 3. The number of carboxylic acid groups (broad SMARTS) is 1. The summed E-state index contributed by atoms with van der Waals surface area (Å²) in [6.45, 7) is 0. The van der Waals surface area contributed by atoms with Crippen molar-refractivity contribution in [2.75, 3.05) is 0 Å². The highest BCUT2D eigenvalue weighted by molar-refractivity contribution is 7.78. The number of thiol groups is 1. The molecule has 0 spiro atoms. The first-order chi connectivity index (χ1) is 12.5. The predicted molar refractivity (Wildman–Crippen MR) is 107 cm³/mol. The Morgan fingerprint density at radius 2 is 1.96 bits per heavy atom. The third-order valence-electron chi connectivity index (χ3n) is 4.66. The number of nitrogens with one attached hydrogen (secondary N) is 1. The highest BCUT2D eigenvalue weighted by atomic mass is 35.5. The standard InChI is InChI=1S/C14H13ClO2.C6H12FNS/c15-13-7-3-11(4-8-13)9-10-1-5-12(6-2-10)14(16)17;7-5-3-1-2-4-6(5)8-9/h1-5,7-8,12H,6,9H2,(H,16,17);5-6,8-9H,1-4H2. The van der Waals surface area contributed by atoms with Crippen molar-refractivity contribution < 1.29 is 14.3 Å². The highest BCUT2D eigenvalue weighted by Gasteiger charge is 2.22. The molecule has 26 heavy (non-hydrogen) atoms. The Labute approximate surface area is 164 Å². The number of aliphatic carboxylic acids is 1. The van der Waals surface area contributed by atoms with Crippen molar-refractivity contribution in [3.63, 3.8) is 0 Å². The first kappa shape index (κ1) is 21.0. The van der Waals surface area contributed by atoms with Gasteiger partial charge in [0.25, 0.3) is 0 Å². The van der Waals surface area contributed by atoms with Gasteiger partial charge in [0.05, 0.1) is 5.92 Å². The van der Waals surface area contributed by atoms with Crippen molar-refractivity contribution in [3.05, 3.63) is 58.7 Å². The first-order valence-electron chi connectivity index (χ1n) is 8.87. The lowest BCUT2D eigenvalue weighted by Gasteiger charge is -2.24. The molecule has 2 aliphatic carbocycles. The van der Waals surface area contributed by atoms with E-state index in [0.717, 1.165) is 36.3 Å². The number of carboxylic acids is 1. The van der Waals surface area contributed by atoms with Gasteiger partial charge in [0.1, 0.15) is 6.17 Å². The lowest BCUT2D eigenvalue weighted by molar-refractivity contribution is -0.139. The van der Waals surface area contributed by atoms with Gasteiger partial charge in [-0.2, -0.15) is 0 Å². The molecule has 3 nitrogen and oxygen atoms in total. The maximum absolute atomic E-state index is 12.7. The van der Waals surface area contributed by atoms with E-state index in [1.54, 1.807) is 6.08 Å². The van der Waals surface area contributed by atoms with Crippen LogP contribution in [0.5, 0.6) is 0 Å². The topological polar surface area (TPSA) is 49.3 Å². The lowest BCUT2D eigenvalue weighted by atomic mass is 9.93. The average molecular weight is 398 g/mol. The van der Waals surface area contributed by atoms with E-state index in [-0.39, 0.29) is 12.0 Å². The monoisotopic (exact) mass is 397 g/mol. The minimum Gasteiger partial charge on any atom is -0.481 e. The molecule has 142 valence electrons. The smallest absolute Gasteiger partial charge is 0.310 e. The van der Waals surface area contributed by atoms with Gasteiger partial charge in [-0.25, -0.2) is 4.39 Å². The molecule has 1 fully saturated rings. The molecule has 0 saturated heterocycles. The molecule has 3 rings (SSSR count). The van der Waals surface area contributed by atoms with Crippen LogP contribution in [0.1, 0.15) is 37.7 Å². The fourth-order valence-electron chi connectivity index (χ4n) is 3.05. The Morgan fingerprint density at radius 3 is 2.46 bits per heavy atom. The summed E-state index contributed by atoms with van der Waals surface area (Å²) in [6, 6.07) is 7.70. The molecule has 3 unspecified atom stereocenters.